The summed E-state index contributed by atoms with van der Waals surface area (Å²) in [7, 11) is 0. The zero-order chi connectivity index (χ0) is 16.9. The van der Waals surface area contributed by atoms with Gasteiger partial charge in [0.05, 0.1) is 5.69 Å². The summed E-state index contributed by atoms with van der Waals surface area (Å²) in [5.41, 5.74) is 2.23. The SMILES string of the molecule is CCN(Cc1ccccc1)c1nn(-c2ccc(Cl)cc2)nc1C#N. The number of benzene rings is 2. The van der Waals surface area contributed by atoms with Crippen LogP contribution >= 0.6 is 11.6 Å². The third-order valence-electron chi connectivity index (χ3n) is 3.66. The van der Waals surface area contributed by atoms with Gasteiger partial charge in [-0.05, 0) is 36.8 Å². The van der Waals surface area contributed by atoms with Gasteiger partial charge in [-0.25, -0.2) is 0 Å². The van der Waals surface area contributed by atoms with Gasteiger partial charge in [-0.15, -0.1) is 15.0 Å². The number of halogens is 1. The molecule has 0 aliphatic rings. The number of hydrogen-bond acceptors (Lipinski definition) is 4. The topological polar surface area (TPSA) is 57.7 Å². The predicted molar refractivity (Wildman–Crippen MR) is 94.3 cm³/mol. The van der Waals surface area contributed by atoms with Crippen LogP contribution in [0.1, 0.15) is 18.2 Å². The zero-order valence-electron chi connectivity index (χ0n) is 13.2. The standard InChI is InChI=1S/C18H16ClN5/c1-2-23(13-14-6-4-3-5-7-14)18-17(12-20)21-24(22-18)16-10-8-15(19)9-11-16/h3-11H,2,13H2,1H3. The van der Waals surface area contributed by atoms with Crippen LogP contribution in [-0.2, 0) is 6.54 Å². The largest absolute Gasteiger partial charge is 0.349 e. The zero-order valence-corrected chi connectivity index (χ0v) is 14.0. The number of hydrogen-bond donors (Lipinski definition) is 0. The summed E-state index contributed by atoms with van der Waals surface area (Å²) in [6, 6.07) is 19.4. The maximum atomic E-state index is 9.42. The van der Waals surface area contributed by atoms with Gasteiger partial charge in [-0.3, -0.25) is 0 Å². The minimum atomic E-state index is 0.308. The molecule has 2 aromatic carbocycles. The van der Waals surface area contributed by atoms with E-state index in [1.807, 2.05) is 42.2 Å². The van der Waals surface area contributed by atoms with E-state index in [2.05, 4.69) is 28.4 Å². The lowest BCUT2D eigenvalue weighted by Crippen LogP contribution is -2.23. The molecular weight excluding hydrogens is 322 g/mol. The summed E-state index contributed by atoms with van der Waals surface area (Å²) in [6.07, 6.45) is 0. The molecule has 0 bridgehead atoms. The second kappa shape index (κ2) is 7.16. The summed E-state index contributed by atoms with van der Waals surface area (Å²) in [6.45, 7) is 3.43. The minimum absolute atomic E-state index is 0.308. The number of rotatable bonds is 5. The number of nitrogens with zero attached hydrogens (tertiary/aromatic N) is 5. The van der Waals surface area contributed by atoms with Crippen molar-refractivity contribution in [1.29, 1.82) is 5.26 Å². The molecule has 0 spiro atoms. The lowest BCUT2D eigenvalue weighted by atomic mass is 10.2. The van der Waals surface area contributed by atoms with Crippen LogP contribution in [0.5, 0.6) is 0 Å². The summed E-state index contributed by atoms with van der Waals surface area (Å²) in [5, 5.41) is 18.9. The monoisotopic (exact) mass is 337 g/mol. The molecule has 3 aromatic rings. The Morgan fingerprint density at radius 1 is 1.08 bits per heavy atom. The smallest absolute Gasteiger partial charge is 0.207 e. The highest BCUT2D eigenvalue weighted by atomic mass is 35.5. The van der Waals surface area contributed by atoms with Crippen molar-refractivity contribution in [2.75, 3.05) is 11.4 Å². The Morgan fingerprint density at radius 3 is 2.42 bits per heavy atom. The van der Waals surface area contributed by atoms with Crippen molar-refractivity contribution in [1.82, 2.24) is 15.0 Å². The van der Waals surface area contributed by atoms with E-state index in [4.69, 9.17) is 11.6 Å². The molecule has 0 unspecified atom stereocenters. The molecule has 5 nitrogen and oxygen atoms in total. The number of aromatic nitrogens is 3. The van der Waals surface area contributed by atoms with Crippen LogP contribution in [0.2, 0.25) is 5.02 Å². The van der Waals surface area contributed by atoms with Crippen LogP contribution in [0.15, 0.2) is 54.6 Å². The Labute approximate surface area is 145 Å². The van der Waals surface area contributed by atoms with E-state index >= 15 is 0 Å². The Balaban J connectivity index is 1.94. The van der Waals surface area contributed by atoms with Gasteiger partial charge in [0.1, 0.15) is 6.07 Å². The van der Waals surface area contributed by atoms with Crippen LogP contribution < -0.4 is 4.90 Å². The summed E-state index contributed by atoms with van der Waals surface area (Å²) in [4.78, 5) is 3.51. The van der Waals surface area contributed by atoms with Gasteiger partial charge in [0.15, 0.2) is 5.82 Å². The summed E-state index contributed by atoms with van der Waals surface area (Å²) < 4.78 is 0. The average molecular weight is 338 g/mol. The van der Waals surface area contributed by atoms with Crippen LogP contribution in [0.3, 0.4) is 0 Å². The van der Waals surface area contributed by atoms with Crippen molar-refractivity contribution in [2.24, 2.45) is 0 Å². The highest BCUT2D eigenvalue weighted by molar-refractivity contribution is 6.30. The van der Waals surface area contributed by atoms with Gasteiger partial charge in [0, 0.05) is 18.1 Å². The molecule has 0 radical (unpaired) electrons. The van der Waals surface area contributed by atoms with Crippen LogP contribution in [0.4, 0.5) is 5.82 Å². The number of anilines is 1. The van der Waals surface area contributed by atoms with Crippen molar-refractivity contribution < 1.29 is 0 Å². The van der Waals surface area contributed by atoms with Crippen molar-refractivity contribution >= 4 is 17.4 Å². The highest BCUT2D eigenvalue weighted by Gasteiger charge is 2.18. The summed E-state index contributed by atoms with van der Waals surface area (Å²) in [5.74, 6) is 0.582. The molecule has 1 aromatic heterocycles. The summed E-state index contributed by atoms with van der Waals surface area (Å²) >= 11 is 5.92. The van der Waals surface area contributed by atoms with Gasteiger partial charge in [0.25, 0.3) is 0 Å². The van der Waals surface area contributed by atoms with Crippen LogP contribution in [0, 0.1) is 11.3 Å². The average Bonchev–Trinajstić information content (AvgIpc) is 3.05. The molecule has 0 atom stereocenters. The second-order valence-electron chi connectivity index (χ2n) is 5.25. The van der Waals surface area contributed by atoms with Gasteiger partial charge >= 0.3 is 0 Å². The Morgan fingerprint density at radius 2 is 1.79 bits per heavy atom. The lowest BCUT2D eigenvalue weighted by Gasteiger charge is -2.20. The molecule has 0 N–H and O–H groups in total. The molecule has 0 fully saturated rings. The molecule has 24 heavy (non-hydrogen) atoms. The second-order valence-corrected chi connectivity index (χ2v) is 5.69. The predicted octanol–water partition coefficient (Wildman–Crippen LogP) is 3.82. The molecule has 120 valence electrons. The van der Waals surface area contributed by atoms with E-state index in [1.165, 1.54) is 4.80 Å². The molecule has 3 rings (SSSR count). The van der Waals surface area contributed by atoms with Crippen molar-refractivity contribution in [3.63, 3.8) is 0 Å². The fraction of sp³-hybridized carbons (Fsp3) is 0.167. The Kier molecular flexibility index (Phi) is 4.78. The normalized spacial score (nSPS) is 10.4. The van der Waals surface area contributed by atoms with E-state index in [9.17, 15) is 5.26 Å². The van der Waals surface area contributed by atoms with E-state index in [0.717, 1.165) is 17.8 Å². The van der Waals surface area contributed by atoms with E-state index < -0.39 is 0 Å². The third-order valence-corrected chi connectivity index (χ3v) is 3.91. The fourth-order valence-corrected chi connectivity index (χ4v) is 2.54. The van der Waals surface area contributed by atoms with E-state index in [-0.39, 0.29) is 0 Å². The highest BCUT2D eigenvalue weighted by Crippen LogP contribution is 2.20. The van der Waals surface area contributed by atoms with Gasteiger partial charge in [0.2, 0.25) is 5.69 Å². The molecule has 0 aliphatic heterocycles. The number of nitriles is 1. The minimum Gasteiger partial charge on any atom is -0.349 e. The Bertz CT molecular complexity index is 849. The molecule has 0 saturated carbocycles. The molecule has 0 saturated heterocycles. The van der Waals surface area contributed by atoms with Crippen molar-refractivity contribution in [3.8, 4) is 11.8 Å². The van der Waals surface area contributed by atoms with Gasteiger partial charge in [-0.2, -0.15) is 5.26 Å². The molecule has 6 heteroatoms. The molecule has 0 amide bonds. The first-order chi connectivity index (χ1) is 11.7. The van der Waals surface area contributed by atoms with E-state index in [0.29, 0.717) is 23.1 Å². The van der Waals surface area contributed by atoms with Crippen LogP contribution in [0.25, 0.3) is 5.69 Å². The van der Waals surface area contributed by atoms with Crippen LogP contribution in [-0.4, -0.2) is 21.5 Å². The molecule has 1 heterocycles. The van der Waals surface area contributed by atoms with Crippen molar-refractivity contribution in [2.45, 2.75) is 13.5 Å². The van der Waals surface area contributed by atoms with Gasteiger partial charge in [-0.1, -0.05) is 41.9 Å². The first kappa shape index (κ1) is 16.0. The third kappa shape index (κ3) is 3.39. The maximum Gasteiger partial charge on any atom is 0.207 e. The molecular formula is C18H16ClN5. The quantitative estimate of drug-likeness (QED) is 0.710. The fourth-order valence-electron chi connectivity index (χ4n) is 2.41. The van der Waals surface area contributed by atoms with Crippen molar-refractivity contribution in [3.05, 3.63) is 70.9 Å². The molecule has 0 aliphatic carbocycles. The maximum absolute atomic E-state index is 9.42. The lowest BCUT2D eigenvalue weighted by molar-refractivity contribution is 0.733. The van der Waals surface area contributed by atoms with Gasteiger partial charge < -0.3 is 4.90 Å². The Hall–Kier alpha value is -2.84. The van der Waals surface area contributed by atoms with E-state index in [1.54, 1.807) is 12.1 Å². The first-order valence-corrected chi connectivity index (χ1v) is 8.01. The first-order valence-electron chi connectivity index (χ1n) is 7.63.